The first kappa shape index (κ1) is 86.6. The summed E-state index contributed by atoms with van der Waals surface area (Å²) in [4.78, 5) is 182. The summed E-state index contributed by atoms with van der Waals surface area (Å²) < 4.78 is 0. The van der Waals surface area contributed by atoms with E-state index in [4.69, 9.17) is 45.2 Å². The second-order valence-electron chi connectivity index (χ2n) is 26.4. The Hall–Kier alpha value is -8.51. The number of amides is 12. The van der Waals surface area contributed by atoms with Gasteiger partial charge in [-0.2, -0.15) is 0 Å². The molecule has 2 heterocycles. The van der Waals surface area contributed by atoms with Crippen molar-refractivity contribution in [3.05, 3.63) is 0 Å². The van der Waals surface area contributed by atoms with Crippen LogP contribution in [0.15, 0.2) is 0 Å². The molecule has 0 bridgehead atoms. The SMILES string of the molecule is CC[C@H](C)[C@H](NC(=O)[C@H](CCCCN)NC(=O)[C@@H]1CCCN1C(=O)[C@H](C)NC(=O)[C@@H](N)CCCCN)C(=O)N[C@@H](CCC(N)=O)C(=O)N[C@@H](CCCNC(=N)N)C(=O)N[C@@H](CC(C)C)C(=O)N[C@H](C(=O)N[C@H](C(=O)N1CCC[C@H]1C(=O)N[C@@H](CCCNC(=N)N)C(=O)O)[C@@H](C)O)C(C)C. The van der Waals surface area contributed by atoms with Gasteiger partial charge in [0.05, 0.1) is 12.1 Å². The molecule has 12 amide bonds. The number of hydrogen-bond donors (Lipinski definition) is 21. The highest BCUT2D eigenvalue weighted by atomic mass is 16.4. The number of aliphatic carboxylic acids is 1. The van der Waals surface area contributed by atoms with Crippen LogP contribution in [-0.4, -0.2) is 227 Å². The summed E-state index contributed by atoms with van der Waals surface area (Å²) in [7, 11) is 0. The third-order valence-corrected chi connectivity index (χ3v) is 17.2. The first-order chi connectivity index (χ1) is 46.6. The molecule has 0 aromatic rings. The van der Waals surface area contributed by atoms with E-state index in [2.05, 4.69) is 58.5 Å². The molecule has 2 aliphatic heterocycles. The number of carboxylic acid groups (broad SMARTS) is 1. The molecule has 2 rings (SSSR count). The maximum absolute atomic E-state index is 14.6. The number of nitrogens with two attached hydrogens (primary N) is 6. The summed E-state index contributed by atoms with van der Waals surface area (Å²) in [6.45, 7) is 13.8. The fourth-order valence-corrected chi connectivity index (χ4v) is 11.4. The monoisotopic (exact) mass is 1410 g/mol. The molecular weight excluding hydrogens is 1290 g/mol. The van der Waals surface area contributed by atoms with E-state index >= 15 is 0 Å². The number of likely N-dealkylation sites (tertiary alicyclic amines) is 2. The quantitative estimate of drug-likeness (QED) is 0.0154. The Morgan fingerprint density at radius 2 is 0.919 bits per heavy atom. The van der Waals surface area contributed by atoms with E-state index in [1.807, 2.05) is 0 Å². The van der Waals surface area contributed by atoms with Crippen LogP contribution in [0.2, 0.25) is 0 Å². The zero-order valence-corrected chi connectivity index (χ0v) is 58.8. The highest BCUT2D eigenvalue weighted by Crippen LogP contribution is 2.23. The maximum Gasteiger partial charge on any atom is 0.326 e. The van der Waals surface area contributed by atoms with Crippen molar-refractivity contribution >= 4 is 88.8 Å². The number of nitrogens with zero attached hydrogens (tertiary/aromatic N) is 2. The fraction of sp³-hybridized carbons (Fsp3) is 0.762. The van der Waals surface area contributed by atoms with Crippen molar-refractivity contribution in [3.63, 3.8) is 0 Å². The Morgan fingerprint density at radius 3 is 1.40 bits per heavy atom. The Bertz CT molecular complexity index is 2740. The van der Waals surface area contributed by atoms with Gasteiger partial charge in [-0.1, -0.05) is 54.4 Å². The van der Waals surface area contributed by atoms with Gasteiger partial charge >= 0.3 is 5.97 Å². The van der Waals surface area contributed by atoms with E-state index in [9.17, 15) is 72.5 Å². The van der Waals surface area contributed by atoms with E-state index in [0.29, 0.717) is 57.9 Å². The van der Waals surface area contributed by atoms with Gasteiger partial charge < -0.3 is 113 Å². The van der Waals surface area contributed by atoms with Gasteiger partial charge in [0.1, 0.15) is 66.5 Å². The van der Waals surface area contributed by atoms with Gasteiger partial charge in [0.25, 0.3) is 0 Å². The molecule has 0 unspecified atom stereocenters. The number of carbonyl (C=O) groups excluding carboxylic acids is 12. The number of carboxylic acids is 1. The lowest BCUT2D eigenvalue weighted by atomic mass is 9.96. The Balaban J connectivity index is 2.44. The van der Waals surface area contributed by atoms with Crippen molar-refractivity contribution in [1.29, 1.82) is 10.8 Å². The predicted molar refractivity (Wildman–Crippen MR) is 366 cm³/mol. The summed E-state index contributed by atoms with van der Waals surface area (Å²) in [5, 5.41) is 64.6. The number of unbranched alkanes of at least 4 members (excludes halogenated alkanes) is 2. The van der Waals surface area contributed by atoms with E-state index < -0.39 is 186 Å². The van der Waals surface area contributed by atoms with Crippen LogP contribution in [0.3, 0.4) is 0 Å². The summed E-state index contributed by atoms with van der Waals surface area (Å²) in [5.74, 6) is -13.3. The standard InChI is InChI=1S/C63H115N21O15/c1-9-35(6)48(81-53(90)39(19-11-13-27-65)76-55(92)44-22-16-30-83(44)59(96)36(7)74-50(87)38(66)18-10-12-26-64)58(95)77-41(24-25-46(67)86)52(89)75-40(20-14-28-72-62(68)69)51(88)79-43(32-33(2)3)54(91)80-47(34(4)5)57(94)82-49(37(8)85)60(97)84-31-17-23-45(84)56(93)78-42(61(98)99)21-15-29-73-63(70)71/h33-45,47-49,85H,9-32,64-66H2,1-8H3,(H2,67,86)(H,74,87)(H,75,89)(H,76,92)(H,77,95)(H,78,93)(H,79,88)(H,80,91)(H,81,90)(H,82,94)(H,98,99)(H4,68,69,72)(H4,70,71,73)/t35-,36-,37+,38-,39-,40-,41-,42-,43-,44-,45-,47-,48-,49-/m0/s1. The lowest BCUT2D eigenvalue weighted by Gasteiger charge is -2.32. The minimum Gasteiger partial charge on any atom is -0.480 e. The summed E-state index contributed by atoms with van der Waals surface area (Å²) in [6.07, 6.45) is 1.56. The molecule has 36 heteroatoms. The van der Waals surface area contributed by atoms with Gasteiger partial charge in [-0.3, -0.25) is 68.4 Å². The van der Waals surface area contributed by atoms with Crippen LogP contribution >= 0.6 is 0 Å². The smallest absolute Gasteiger partial charge is 0.326 e. The summed E-state index contributed by atoms with van der Waals surface area (Å²) in [6, 6.07) is -15.7. The lowest BCUT2D eigenvalue weighted by Crippen LogP contribution is -2.62. The Labute approximate surface area is 579 Å². The van der Waals surface area contributed by atoms with Crippen molar-refractivity contribution < 1.29 is 72.5 Å². The van der Waals surface area contributed by atoms with Crippen LogP contribution in [0.25, 0.3) is 0 Å². The van der Waals surface area contributed by atoms with Gasteiger partial charge in [-0.15, -0.1) is 0 Å². The first-order valence-electron chi connectivity index (χ1n) is 34.5. The zero-order valence-electron chi connectivity index (χ0n) is 58.8. The topological polar surface area (TPSA) is 605 Å². The molecule has 0 aliphatic carbocycles. The Kier molecular flexibility index (Phi) is 38.9. The molecule has 0 aromatic heterocycles. The molecule has 0 aromatic carbocycles. The Morgan fingerprint density at radius 1 is 0.495 bits per heavy atom. The van der Waals surface area contributed by atoms with E-state index in [1.165, 1.54) is 18.7 Å². The van der Waals surface area contributed by atoms with E-state index in [-0.39, 0.29) is 96.0 Å². The second kappa shape index (κ2) is 44.5. The van der Waals surface area contributed by atoms with Gasteiger partial charge in [-0.25, -0.2) is 4.79 Å². The molecule has 0 radical (unpaired) electrons. The van der Waals surface area contributed by atoms with Crippen LogP contribution in [0.5, 0.6) is 0 Å². The molecule has 562 valence electrons. The van der Waals surface area contributed by atoms with Gasteiger partial charge in [0.2, 0.25) is 70.9 Å². The molecule has 14 atom stereocenters. The molecule has 27 N–H and O–H groups in total. The van der Waals surface area contributed by atoms with Crippen molar-refractivity contribution in [2.75, 3.05) is 39.3 Å². The van der Waals surface area contributed by atoms with Gasteiger partial charge in [0.15, 0.2) is 11.9 Å². The molecule has 2 saturated heterocycles. The summed E-state index contributed by atoms with van der Waals surface area (Å²) >= 11 is 0. The molecule has 0 spiro atoms. The average Bonchev–Trinajstić information content (AvgIpc) is 1.75. The lowest BCUT2D eigenvalue weighted by molar-refractivity contribution is -0.146. The molecular formula is C63H115N21O15. The number of carbonyl (C=O) groups is 13. The fourth-order valence-electron chi connectivity index (χ4n) is 11.4. The van der Waals surface area contributed by atoms with Gasteiger partial charge in [-0.05, 0) is 141 Å². The minimum atomic E-state index is -1.67. The van der Waals surface area contributed by atoms with Crippen LogP contribution in [0.1, 0.15) is 171 Å². The molecule has 2 aliphatic rings. The second-order valence-corrected chi connectivity index (χ2v) is 26.4. The van der Waals surface area contributed by atoms with Crippen molar-refractivity contribution in [2.45, 2.75) is 250 Å². The summed E-state index contributed by atoms with van der Waals surface area (Å²) in [5.41, 5.74) is 33.8. The minimum absolute atomic E-state index is 0.0151. The van der Waals surface area contributed by atoms with Crippen molar-refractivity contribution in [1.82, 2.24) is 68.3 Å². The average molecular weight is 1410 g/mol. The van der Waals surface area contributed by atoms with Crippen LogP contribution in [0, 0.1) is 28.6 Å². The van der Waals surface area contributed by atoms with Crippen molar-refractivity contribution in [2.24, 2.45) is 52.2 Å². The number of aliphatic hydroxyl groups is 1. The third-order valence-electron chi connectivity index (χ3n) is 17.2. The molecule has 99 heavy (non-hydrogen) atoms. The number of rotatable bonds is 46. The molecule has 0 saturated carbocycles. The number of guanidine groups is 2. The number of hydrogen-bond acceptors (Lipinski definition) is 19. The van der Waals surface area contributed by atoms with E-state index in [1.54, 1.807) is 41.5 Å². The van der Waals surface area contributed by atoms with Crippen LogP contribution in [0.4, 0.5) is 0 Å². The number of primary amides is 1. The zero-order chi connectivity index (χ0) is 74.8. The molecule has 2 fully saturated rings. The third kappa shape index (κ3) is 30.2. The van der Waals surface area contributed by atoms with Crippen LogP contribution < -0.4 is 92.9 Å². The number of aliphatic hydroxyl groups excluding tert-OH is 1. The normalized spacial score (nSPS) is 18.0. The molecule has 36 nitrogen and oxygen atoms in total. The first-order valence-corrected chi connectivity index (χ1v) is 34.5. The number of nitrogens with one attached hydrogen (secondary N) is 13. The highest BCUT2D eigenvalue weighted by molar-refractivity contribution is 6.00. The largest absolute Gasteiger partial charge is 0.480 e. The van der Waals surface area contributed by atoms with Crippen LogP contribution in [-0.2, 0) is 62.3 Å². The van der Waals surface area contributed by atoms with Gasteiger partial charge in [0, 0.05) is 32.6 Å². The van der Waals surface area contributed by atoms with Crippen molar-refractivity contribution in [3.8, 4) is 0 Å². The highest BCUT2D eigenvalue weighted by Gasteiger charge is 2.43. The van der Waals surface area contributed by atoms with E-state index in [0.717, 1.165) is 4.90 Å². The maximum atomic E-state index is 14.6. The predicted octanol–water partition coefficient (Wildman–Crippen LogP) is -5.06.